The van der Waals surface area contributed by atoms with Crippen molar-refractivity contribution in [1.29, 1.82) is 0 Å². The summed E-state index contributed by atoms with van der Waals surface area (Å²) in [6, 6.07) is 0. The number of rotatable bonds is 4. The fourth-order valence-electron chi connectivity index (χ4n) is 0.704. The molecule has 0 radical (unpaired) electrons. The Labute approximate surface area is 82.5 Å². The van der Waals surface area contributed by atoms with E-state index in [-0.39, 0.29) is 0 Å². The smallest absolute Gasteiger partial charge is 0.0625 e. The SMILES string of the molecule is C=C(CS)CSc1cnn(C)c1. The molecule has 0 aliphatic rings. The lowest BCUT2D eigenvalue weighted by Crippen LogP contribution is -1.86. The van der Waals surface area contributed by atoms with Crippen molar-refractivity contribution < 1.29 is 0 Å². The number of nitrogens with zero attached hydrogens (tertiary/aromatic N) is 2. The first kappa shape index (κ1) is 9.74. The van der Waals surface area contributed by atoms with E-state index in [2.05, 4.69) is 24.3 Å². The van der Waals surface area contributed by atoms with Crippen LogP contribution >= 0.6 is 24.4 Å². The number of hydrogen-bond acceptors (Lipinski definition) is 3. The summed E-state index contributed by atoms with van der Waals surface area (Å²) < 4.78 is 1.80. The second-order valence-corrected chi connectivity index (χ2v) is 3.91. The molecule has 1 aromatic rings. The quantitative estimate of drug-likeness (QED) is 0.455. The Hall–Kier alpha value is -0.350. The number of thiol groups is 1. The third-order valence-electron chi connectivity index (χ3n) is 1.35. The minimum Gasteiger partial charge on any atom is -0.275 e. The second-order valence-electron chi connectivity index (χ2n) is 2.55. The van der Waals surface area contributed by atoms with E-state index in [1.807, 2.05) is 19.4 Å². The Bertz CT molecular complexity index is 268. The van der Waals surface area contributed by atoms with Crippen molar-refractivity contribution in [2.75, 3.05) is 11.5 Å². The van der Waals surface area contributed by atoms with Gasteiger partial charge < -0.3 is 0 Å². The van der Waals surface area contributed by atoms with Gasteiger partial charge in [0.05, 0.1) is 6.20 Å². The van der Waals surface area contributed by atoms with Gasteiger partial charge in [0.25, 0.3) is 0 Å². The molecule has 1 rings (SSSR count). The van der Waals surface area contributed by atoms with Crippen LogP contribution in [-0.2, 0) is 7.05 Å². The molecule has 0 bridgehead atoms. The van der Waals surface area contributed by atoms with E-state index in [0.717, 1.165) is 17.1 Å². The Morgan fingerprint density at radius 3 is 3.08 bits per heavy atom. The summed E-state index contributed by atoms with van der Waals surface area (Å²) in [5, 5.41) is 4.07. The van der Waals surface area contributed by atoms with Gasteiger partial charge in [-0.05, 0) is 0 Å². The van der Waals surface area contributed by atoms with Crippen LogP contribution in [0.4, 0.5) is 0 Å². The third-order valence-corrected chi connectivity index (χ3v) is 2.89. The minimum atomic E-state index is 0.757. The Balaban J connectivity index is 2.38. The van der Waals surface area contributed by atoms with Gasteiger partial charge in [0, 0.05) is 29.6 Å². The first-order valence-electron chi connectivity index (χ1n) is 3.61. The molecule has 0 aliphatic carbocycles. The molecule has 1 heterocycles. The maximum Gasteiger partial charge on any atom is 0.0625 e. The van der Waals surface area contributed by atoms with E-state index in [4.69, 9.17) is 0 Å². The zero-order chi connectivity index (χ0) is 8.97. The molecule has 0 aliphatic heterocycles. The summed E-state index contributed by atoms with van der Waals surface area (Å²) in [7, 11) is 1.91. The van der Waals surface area contributed by atoms with Crippen LogP contribution in [0.25, 0.3) is 0 Å². The van der Waals surface area contributed by atoms with Gasteiger partial charge in [-0.3, -0.25) is 4.68 Å². The van der Waals surface area contributed by atoms with Gasteiger partial charge in [-0.2, -0.15) is 17.7 Å². The molecule has 0 spiro atoms. The molecule has 4 heteroatoms. The van der Waals surface area contributed by atoms with Crippen LogP contribution in [0.3, 0.4) is 0 Å². The maximum absolute atomic E-state index is 4.13. The zero-order valence-electron chi connectivity index (χ0n) is 7.03. The standard InChI is InChI=1S/C8H12N2S2/c1-7(5-11)6-12-8-3-9-10(2)4-8/h3-4,11H,1,5-6H2,2H3. The predicted molar refractivity (Wildman–Crippen MR) is 56.9 cm³/mol. The number of aryl methyl sites for hydroxylation is 1. The molecular weight excluding hydrogens is 188 g/mol. The van der Waals surface area contributed by atoms with E-state index in [1.165, 1.54) is 4.90 Å². The molecule has 66 valence electrons. The molecule has 2 nitrogen and oxygen atoms in total. The average Bonchev–Trinajstić information content (AvgIpc) is 2.47. The van der Waals surface area contributed by atoms with Crippen molar-refractivity contribution in [1.82, 2.24) is 9.78 Å². The van der Waals surface area contributed by atoms with Crippen LogP contribution in [0, 0.1) is 0 Å². The van der Waals surface area contributed by atoms with Gasteiger partial charge in [-0.1, -0.05) is 12.2 Å². The fraction of sp³-hybridized carbons (Fsp3) is 0.375. The van der Waals surface area contributed by atoms with E-state index in [9.17, 15) is 0 Å². The molecule has 12 heavy (non-hydrogen) atoms. The molecule has 0 atom stereocenters. The van der Waals surface area contributed by atoms with Crippen LogP contribution in [0.1, 0.15) is 0 Å². The molecule has 1 aromatic heterocycles. The van der Waals surface area contributed by atoms with E-state index < -0.39 is 0 Å². The predicted octanol–water partition coefficient (Wildman–Crippen LogP) is 2.00. The van der Waals surface area contributed by atoms with Crippen molar-refractivity contribution >= 4 is 24.4 Å². The first-order chi connectivity index (χ1) is 5.72. The van der Waals surface area contributed by atoms with Crippen LogP contribution in [0.15, 0.2) is 29.4 Å². The minimum absolute atomic E-state index is 0.757. The van der Waals surface area contributed by atoms with Crippen molar-refractivity contribution in [2.45, 2.75) is 4.90 Å². The number of thioether (sulfide) groups is 1. The largest absolute Gasteiger partial charge is 0.275 e. The van der Waals surface area contributed by atoms with Crippen molar-refractivity contribution in [3.8, 4) is 0 Å². The lowest BCUT2D eigenvalue weighted by Gasteiger charge is -1.98. The van der Waals surface area contributed by atoms with Gasteiger partial charge in [0.15, 0.2) is 0 Å². The molecule has 0 aromatic carbocycles. The van der Waals surface area contributed by atoms with Gasteiger partial charge in [-0.25, -0.2) is 0 Å². The van der Waals surface area contributed by atoms with Crippen molar-refractivity contribution in [2.24, 2.45) is 7.05 Å². The second kappa shape index (κ2) is 4.62. The van der Waals surface area contributed by atoms with E-state index >= 15 is 0 Å². The highest BCUT2D eigenvalue weighted by atomic mass is 32.2. The summed E-state index contributed by atoms with van der Waals surface area (Å²) in [6.45, 7) is 3.87. The zero-order valence-corrected chi connectivity index (χ0v) is 8.74. The molecule has 0 saturated carbocycles. The summed E-state index contributed by atoms with van der Waals surface area (Å²) in [5.74, 6) is 1.68. The van der Waals surface area contributed by atoms with Crippen molar-refractivity contribution in [3.63, 3.8) is 0 Å². The Morgan fingerprint density at radius 1 is 1.83 bits per heavy atom. The normalized spacial score (nSPS) is 10.2. The Kier molecular flexibility index (Phi) is 3.75. The lowest BCUT2D eigenvalue weighted by atomic mass is 10.4. The van der Waals surface area contributed by atoms with Gasteiger partial charge in [0.2, 0.25) is 0 Å². The van der Waals surface area contributed by atoms with Crippen LogP contribution < -0.4 is 0 Å². The highest BCUT2D eigenvalue weighted by Gasteiger charge is 1.97. The van der Waals surface area contributed by atoms with E-state index in [1.54, 1.807) is 16.4 Å². The highest BCUT2D eigenvalue weighted by Crippen LogP contribution is 2.18. The number of aromatic nitrogens is 2. The topological polar surface area (TPSA) is 17.8 Å². The molecule has 0 unspecified atom stereocenters. The summed E-state index contributed by atoms with van der Waals surface area (Å²) in [6.07, 6.45) is 3.85. The van der Waals surface area contributed by atoms with Crippen molar-refractivity contribution in [3.05, 3.63) is 24.5 Å². The van der Waals surface area contributed by atoms with Crippen LogP contribution in [0.5, 0.6) is 0 Å². The van der Waals surface area contributed by atoms with Gasteiger partial charge in [-0.15, -0.1) is 11.8 Å². The third kappa shape index (κ3) is 2.95. The molecule has 0 amide bonds. The summed E-state index contributed by atoms with van der Waals surface area (Å²) in [4.78, 5) is 1.18. The number of hydrogen-bond donors (Lipinski definition) is 1. The molecule has 0 N–H and O–H groups in total. The summed E-state index contributed by atoms with van der Waals surface area (Å²) >= 11 is 5.88. The lowest BCUT2D eigenvalue weighted by molar-refractivity contribution is 0.766. The Morgan fingerprint density at radius 2 is 2.58 bits per heavy atom. The van der Waals surface area contributed by atoms with Gasteiger partial charge >= 0.3 is 0 Å². The van der Waals surface area contributed by atoms with E-state index in [0.29, 0.717) is 0 Å². The molecule has 0 fully saturated rings. The molecular formula is C8H12N2S2. The first-order valence-corrected chi connectivity index (χ1v) is 5.23. The van der Waals surface area contributed by atoms with Gasteiger partial charge in [0.1, 0.15) is 0 Å². The fourth-order valence-corrected chi connectivity index (χ4v) is 1.79. The van der Waals surface area contributed by atoms with Crippen LogP contribution in [0.2, 0.25) is 0 Å². The van der Waals surface area contributed by atoms with Crippen LogP contribution in [-0.4, -0.2) is 21.3 Å². The molecule has 0 saturated heterocycles. The average molecular weight is 200 g/mol. The maximum atomic E-state index is 4.13. The summed E-state index contributed by atoms with van der Waals surface area (Å²) in [5.41, 5.74) is 1.15. The monoisotopic (exact) mass is 200 g/mol. The highest BCUT2D eigenvalue weighted by molar-refractivity contribution is 7.99.